The van der Waals surface area contributed by atoms with E-state index >= 15 is 0 Å². The molecule has 0 amide bonds. The van der Waals surface area contributed by atoms with Crippen LogP contribution in [0.3, 0.4) is 0 Å². The largest absolute Gasteiger partial charge is 0.373 e. The Morgan fingerprint density at radius 3 is 2.33 bits per heavy atom. The van der Waals surface area contributed by atoms with Crippen molar-refractivity contribution in [2.75, 3.05) is 16.9 Å². The molecule has 1 atom stereocenters. The van der Waals surface area contributed by atoms with Crippen molar-refractivity contribution in [1.29, 1.82) is 0 Å². The number of hydrogen-bond acceptors (Lipinski definition) is 1. The fourth-order valence-electron chi connectivity index (χ4n) is 1.96. The predicted octanol–water partition coefficient (Wildman–Crippen LogP) is 4.41. The molecule has 0 saturated heterocycles. The SMILES string of the molecule is CC(CCl)(CI)OCC1CCCCCC1. The highest BCUT2D eigenvalue weighted by atomic mass is 127. The molecule has 1 saturated carbocycles. The van der Waals surface area contributed by atoms with Crippen molar-refractivity contribution in [2.24, 2.45) is 5.92 Å². The Morgan fingerprint density at radius 2 is 1.87 bits per heavy atom. The molecule has 0 aromatic heterocycles. The molecular formula is C12H22ClIO. The highest BCUT2D eigenvalue weighted by Crippen LogP contribution is 2.25. The quantitative estimate of drug-likeness (QED) is 0.408. The minimum absolute atomic E-state index is 0.117. The predicted molar refractivity (Wildman–Crippen MR) is 75.2 cm³/mol. The number of ether oxygens (including phenoxy) is 1. The van der Waals surface area contributed by atoms with E-state index < -0.39 is 0 Å². The van der Waals surface area contributed by atoms with E-state index in [9.17, 15) is 0 Å². The Morgan fingerprint density at radius 1 is 1.27 bits per heavy atom. The molecule has 1 rings (SSSR count). The van der Waals surface area contributed by atoms with Crippen LogP contribution in [0.15, 0.2) is 0 Å². The lowest BCUT2D eigenvalue weighted by atomic mass is 10.0. The summed E-state index contributed by atoms with van der Waals surface area (Å²) in [5.74, 6) is 1.38. The Kier molecular flexibility index (Phi) is 6.87. The van der Waals surface area contributed by atoms with Crippen LogP contribution < -0.4 is 0 Å². The summed E-state index contributed by atoms with van der Waals surface area (Å²) >= 11 is 8.29. The molecule has 1 fully saturated rings. The van der Waals surface area contributed by atoms with E-state index in [1.54, 1.807) is 0 Å². The summed E-state index contributed by atoms with van der Waals surface area (Å²) in [5, 5.41) is 0. The molecule has 0 aromatic rings. The van der Waals surface area contributed by atoms with Crippen LogP contribution in [0.25, 0.3) is 0 Å². The first kappa shape index (κ1) is 14.0. The van der Waals surface area contributed by atoms with Crippen molar-refractivity contribution < 1.29 is 4.74 Å². The molecule has 0 radical (unpaired) electrons. The lowest BCUT2D eigenvalue weighted by Gasteiger charge is -2.27. The van der Waals surface area contributed by atoms with Gasteiger partial charge >= 0.3 is 0 Å². The molecule has 0 aliphatic heterocycles. The fraction of sp³-hybridized carbons (Fsp3) is 1.00. The molecule has 90 valence electrons. The van der Waals surface area contributed by atoms with E-state index in [1.165, 1.54) is 38.5 Å². The summed E-state index contributed by atoms with van der Waals surface area (Å²) < 4.78 is 6.96. The second-order valence-corrected chi connectivity index (χ2v) is 5.92. The van der Waals surface area contributed by atoms with Crippen LogP contribution in [0.5, 0.6) is 0 Å². The van der Waals surface area contributed by atoms with Gasteiger partial charge in [0.2, 0.25) is 0 Å². The van der Waals surface area contributed by atoms with Crippen LogP contribution in [-0.2, 0) is 4.74 Å². The van der Waals surface area contributed by atoms with Crippen LogP contribution in [0.1, 0.15) is 45.4 Å². The molecule has 15 heavy (non-hydrogen) atoms. The van der Waals surface area contributed by atoms with Crippen molar-refractivity contribution >= 4 is 34.2 Å². The lowest BCUT2D eigenvalue weighted by Crippen LogP contribution is -2.34. The molecule has 0 N–H and O–H groups in total. The Bertz CT molecular complexity index is 163. The van der Waals surface area contributed by atoms with E-state index in [0.717, 1.165) is 17.0 Å². The number of rotatable bonds is 5. The first-order valence-electron chi connectivity index (χ1n) is 5.96. The van der Waals surface area contributed by atoms with Crippen molar-refractivity contribution in [2.45, 2.75) is 51.0 Å². The highest BCUT2D eigenvalue weighted by molar-refractivity contribution is 14.1. The van der Waals surface area contributed by atoms with Crippen LogP contribution in [0.2, 0.25) is 0 Å². The molecule has 1 aliphatic carbocycles. The highest BCUT2D eigenvalue weighted by Gasteiger charge is 2.24. The van der Waals surface area contributed by atoms with Gasteiger partial charge in [-0.15, -0.1) is 11.6 Å². The molecule has 1 nitrogen and oxygen atoms in total. The Hall–Kier alpha value is 0.980. The Balaban J connectivity index is 2.27. The van der Waals surface area contributed by atoms with Gasteiger partial charge in [-0.2, -0.15) is 0 Å². The third-order valence-electron chi connectivity index (χ3n) is 3.21. The molecule has 0 heterocycles. The summed E-state index contributed by atoms with van der Waals surface area (Å²) in [7, 11) is 0. The van der Waals surface area contributed by atoms with Crippen molar-refractivity contribution in [3.63, 3.8) is 0 Å². The van der Waals surface area contributed by atoms with E-state index in [2.05, 4.69) is 29.5 Å². The zero-order valence-corrected chi connectivity index (χ0v) is 12.5. The van der Waals surface area contributed by atoms with E-state index in [0.29, 0.717) is 5.88 Å². The molecule has 0 bridgehead atoms. The molecule has 1 unspecified atom stereocenters. The van der Waals surface area contributed by atoms with Crippen LogP contribution in [0.4, 0.5) is 0 Å². The van der Waals surface area contributed by atoms with E-state index in [1.807, 2.05) is 0 Å². The second-order valence-electron chi connectivity index (χ2n) is 4.89. The van der Waals surface area contributed by atoms with Gasteiger partial charge in [0.1, 0.15) is 0 Å². The molecular weight excluding hydrogens is 322 g/mol. The van der Waals surface area contributed by atoms with Gasteiger partial charge in [-0.3, -0.25) is 0 Å². The van der Waals surface area contributed by atoms with Gasteiger partial charge in [0, 0.05) is 4.43 Å². The van der Waals surface area contributed by atoms with Crippen LogP contribution in [-0.4, -0.2) is 22.5 Å². The minimum Gasteiger partial charge on any atom is -0.373 e. The maximum Gasteiger partial charge on any atom is 0.0878 e. The van der Waals surface area contributed by atoms with E-state index in [4.69, 9.17) is 16.3 Å². The third kappa shape index (κ3) is 5.22. The fourth-order valence-corrected chi connectivity index (χ4v) is 2.94. The normalized spacial score (nSPS) is 23.4. The average Bonchev–Trinajstić information content (AvgIpc) is 2.54. The summed E-state index contributed by atoms with van der Waals surface area (Å²) in [5.41, 5.74) is -0.117. The van der Waals surface area contributed by atoms with Crippen LogP contribution >= 0.6 is 34.2 Å². The second kappa shape index (κ2) is 7.33. The van der Waals surface area contributed by atoms with Crippen molar-refractivity contribution in [3.8, 4) is 0 Å². The van der Waals surface area contributed by atoms with Gasteiger partial charge in [0.15, 0.2) is 0 Å². The molecule has 0 spiro atoms. The topological polar surface area (TPSA) is 9.23 Å². The monoisotopic (exact) mass is 344 g/mol. The third-order valence-corrected chi connectivity index (χ3v) is 5.39. The van der Waals surface area contributed by atoms with Crippen molar-refractivity contribution in [1.82, 2.24) is 0 Å². The summed E-state index contributed by atoms with van der Waals surface area (Å²) in [6.07, 6.45) is 8.29. The molecule has 1 aliphatic rings. The van der Waals surface area contributed by atoms with Gasteiger partial charge in [-0.05, 0) is 25.7 Å². The first-order chi connectivity index (χ1) is 7.20. The van der Waals surface area contributed by atoms with Crippen LogP contribution in [0, 0.1) is 5.92 Å². The van der Waals surface area contributed by atoms with Gasteiger partial charge in [-0.25, -0.2) is 0 Å². The summed E-state index contributed by atoms with van der Waals surface area (Å²) in [4.78, 5) is 0. The number of hydrogen-bond donors (Lipinski definition) is 0. The number of alkyl halides is 2. The van der Waals surface area contributed by atoms with E-state index in [-0.39, 0.29) is 5.60 Å². The standard InChI is InChI=1S/C12H22ClIO/c1-12(9-13,10-14)15-8-11-6-4-2-3-5-7-11/h11H,2-10H2,1H3. The first-order valence-corrected chi connectivity index (χ1v) is 8.02. The number of halogens is 2. The molecule has 3 heteroatoms. The average molecular weight is 345 g/mol. The maximum absolute atomic E-state index is 5.98. The van der Waals surface area contributed by atoms with Crippen molar-refractivity contribution in [3.05, 3.63) is 0 Å². The Labute approximate surface area is 112 Å². The summed E-state index contributed by atoms with van der Waals surface area (Å²) in [6, 6.07) is 0. The molecule has 0 aromatic carbocycles. The summed E-state index contributed by atoms with van der Waals surface area (Å²) in [6.45, 7) is 3.02. The minimum atomic E-state index is -0.117. The van der Waals surface area contributed by atoms with Gasteiger partial charge in [-0.1, -0.05) is 48.3 Å². The maximum atomic E-state index is 5.98. The van der Waals surface area contributed by atoms with Gasteiger partial charge < -0.3 is 4.74 Å². The zero-order valence-electron chi connectivity index (χ0n) is 9.61. The van der Waals surface area contributed by atoms with Gasteiger partial charge in [0.25, 0.3) is 0 Å². The lowest BCUT2D eigenvalue weighted by molar-refractivity contribution is -0.0167. The zero-order chi connectivity index (χ0) is 11.1. The smallest absolute Gasteiger partial charge is 0.0878 e. The van der Waals surface area contributed by atoms with Gasteiger partial charge in [0.05, 0.1) is 18.1 Å².